The molecule has 6 nitrogen and oxygen atoms in total. The van der Waals surface area contributed by atoms with Gasteiger partial charge in [-0.25, -0.2) is 14.0 Å². The summed E-state index contributed by atoms with van der Waals surface area (Å²) in [6.07, 6.45) is 3.29. The number of halogens is 1. The molecule has 0 saturated heterocycles. The second-order valence-corrected chi connectivity index (χ2v) is 8.23. The number of hydrogen-bond acceptors (Lipinski definition) is 6. The van der Waals surface area contributed by atoms with Gasteiger partial charge in [0.2, 0.25) is 0 Å². The Hall–Kier alpha value is -4.39. The predicted octanol–water partition coefficient (Wildman–Crippen LogP) is 5.12. The minimum Gasteiger partial charge on any atom is -0.489 e. The molecule has 7 heteroatoms. The van der Waals surface area contributed by atoms with Gasteiger partial charge in [-0.3, -0.25) is 0 Å². The van der Waals surface area contributed by atoms with E-state index in [1.54, 1.807) is 35.5 Å². The van der Waals surface area contributed by atoms with Gasteiger partial charge in [-0.05, 0) is 41.0 Å². The van der Waals surface area contributed by atoms with Gasteiger partial charge in [0, 0.05) is 18.9 Å². The second kappa shape index (κ2) is 11.4. The van der Waals surface area contributed by atoms with Crippen molar-refractivity contribution in [1.82, 2.24) is 4.90 Å². The van der Waals surface area contributed by atoms with E-state index in [0.29, 0.717) is 24.5 Å². The average Bonchev–Trinajstić information content (AvgIpc) is 2.92. The number of carbonyl (C=O) groups is 2. The summed E-state index contributed by atoms with van der Waals surface area (Å²) in [7, 11) is 2.58. The van der Waals surface area contributed by atoms with Gasteiger partial charge >= 0.3 is 11.9 Å². The monoisotopic (exact) mass is 487 g/mol. The first kappa shape index (κ1) is 24.7. The van der Waals surface area contributed by atoms with E-state index in [-0.39, 0.29) is 17.0 Å². The van der Waals surface area contributed by atoms with E-state index in [2.05, 4.69) is 0 Å². The van der Waals surface area contributed by atoms with Crippen LogP contribution in [0.4, 0.5) is 4.39 Å². The van der Waals surface area contributed by atoms with Crippen LogP contribution in [0.1, 0.15) is 22.6 Å². The molecule has 0 aromatic heterocycles. The highest BCUT2D eigenvalue weighted by molar-refractivity contribution is 5.98. The van der Waals surface area contributed by atoms with Crippen molar-refractivity contribution in [2.75, 3.05) is 14.2 Å². The highest BCUT2D eigenvalue weighted by Gasteiger charge is 2.35. The molecule has 0 atom stereocenters. The molecule has 1 aliphatic rings. The average molecular weight is 488 g/mol. The molecule has 0 aliphatic carbocycles. The van der Waals surface area contributed by atoms with Gasteiger partial charge in [0.05, 0.1) is 31.3 Å². The molecular formula is C29H26FNO5. The summed E-state index contributed by atoms with van der Waals surface area (Å²) >= 11 is 0. The van der Waals surface area contributed by atoms with Crippen LogP contribution in [0.3, 0.4) is 0 Å². The molecule has 0 radical (unpaired) electrons. The van der Waals surface area contributed by atoms with Gasteiger partial charge < -0.3 is 19.1 Å². The Balaban J connectivity index is 1.68. The number of benzene rings is 3. The minimum absolute atomic E-state index is 0.266. The molecule has 3 aromatic carbocycles. The normalized spacial score (nSPS) is 13.5. The van der Waals surface area contributed by atoms with Crippen molar-refractivity contribution in [3.05, 3.63) is 125 Å². The molecule has 1 aliphatic heterocycles. The Morgan fingerprint density at radius 1 is 0.806 bits per heavy atom. The molecule has 36 heavy (non-hydrogen) atoms. The fraction of sp³-hybridized carbons (Fsp3) is 0.172. The molecule has 0 spiro atoms. The third kappa shape index (κ3) is 5.81. The Morgan fingerprint density at radius 3 is 2.06 bits per heavy atom. The lowest BCUT2D eigenvalue weighted by Crippen LogP contribution is -2.28. The van der Waals surface area contributed by atoms with Gasteiger partial charge in [0.1, 0.15) is 18.2 Å². The Kier molecular flexibility index (Phi) is 7.80. The van der Waals surface area contributed by atoms with Crippen molar-refractivity contribution < 1.29 is 28.2 Å². The predicted molar refractivity (Wildman–Crippen MR) is 132 cm³/mol. The zero-order valence-electron chi connectivity index (χ0n) is 20.0. The second-order valence-electron chi connectivity index (χ2n) is 8.23. The van der Waals surface area contributed by atoms with Gasteiger partial charge in [-0.1, -0.05) is 54.6 Å². The summed E-state index contributed by atoms with van der Waals surface area (Å²) in [6, 6.07) is 23.0. The van der Waals surface area contributed by atoms with Gasteiger partial charge in [0.25, 0.3) is 0 Å². The number of rotatable bonds is 8. The maximum Gasteiger partial charge on any atom is 0.336 e. The minimum atomic E-state index is -0.727. The SMILES string of the molecule is COC(=O)C1=CN(Cc2ccc(F)cc2)C=C(C(=O)OC)C1c1cccc(OCc2ccccc2)c1. The molecule has 0 bridgehead atoms. The maximum atomic E-state index is 13.3. The fourth-order valence-corrected chi connectivity index (χ4v) is 4.06. The van der Waals surface area contributed by atoms with Crippen LogP contribution in [0.5, 0.6) is 5.75 Å². The topological polar surface area (TPSA) is 65.1 Å². The van der Waals surface area contributed by atoms with Crippen LogP contribution in [-0.4, -0.2) is 31.1 Å². The molecule has 3 aromatic rings. The van der Waals surface area contributed by atoms with Crippen molar-refractivity contribution in [1.29, 1.82) is 0 Å². The summed E-state index contributed by atoms with van der Waals surface area (Å²) in [5, 5.41) is 0. The molecule has 4 rings (SSSR count). The molecule has 0 fully saturated rings. The van der Waals surface area contributed by atoms with E-state index in [0.717, 1.165) is 11.1 Å². The quantitative estimate of drug-likeness (QED) is 0.411. The number of ether oxygens (including phenoxy) is 3. The molecule has 0 N–H and O–H groups in total. The van der Waals surface area contributed by atoms with Crippen LogP contribution in [0.15, 0.2) is 102 Å². The molecule has 0 saturated carbocycles. The molecule has 1 heterocycles. The summed E-state index contributed by atoms with van der Waals surface area (Å²) in [5.74, 6) is -1.62. The van der Waals surface area contributed by atoms with Crippen LogP contribution in [0.25, 0.3) is 0 Å². The highest BCUT2D eigenvalue weighted by Crippen LogP contribution is 2.38. The lowest BCUT2D eigenvalue weighted by atomic mass is 9.83. The maximum absolute atomic E-state index is 13.3. The summed E-state index contributed by atoms with van der Waals surface area (Å²) in [5.41, 5.74) is 3.02. The first-order valence-corrected chi connectivity index (χ1v) is 11.4. The van der Waals surface area contributed by atoms with Gasteiger partial charge in [0.15, 0.2) is 0 Å². The molecule has 0 amide bonds. The number of nitrogens with zero attached hydrogens (tertiary/aromatic N) is 1. The first-order valence-electron chi connectivity index (χ1n) is 11.4. The zero-order valence-corrected chi connectivity index (χ0v) is 20.0. The van der Waals surface area contributed by atoms with Gasteiger partial charge in [-0.2, -0.15) is 0 Å². The van der Waals surface area contributed by atoms with Crippen molar-refractivity contribution in [3.8, 4) is 5.75 Å². The van der Waals surface area contributed by atoms with Crippen LogP contribution < -0.4 is 4.74 Å². The highest BCUT2D eigenvalue weighted by atomic mass is 19.1. The lowest BCUT2D eigenvalue weighted by molar-refractivity contribution is -0.137. The van der Waals surface area contributed by atoms with Crippen molar-refractivity contribution in [2.24, 2.45) is 0 Å². The third-order valence-electron chi connectivity index (χ3n) is 5.79. The van der Waals surface area contributed by atoms with E-state index in [1.165, 1.54) is 26.4 Å². The number of methoxy groups -OCH3 is 2. The van der Waals surface area contributed by atoms with Crippen molar-refractivity contribution >= 4 is 11.9 Å². The zero-order chi connectivity index (χ0) is 25.5. The number of esters is 2. The Bertz CT molecular complexity index is 1250. The first-order chi connectivity index (χ1) is 17.5. The molecule has 184 valence electrons. The number of carbonyl (C=O) groups excluding carboxylic acids is 2. The van der Waals surface area contributed by atoms with E-state index in [9.17, 15) is 14.0 Å². The van der Waals surface area contributed by atoms with E-state index < -0.39 is 17.9 Å². The molecular weight excluding hydrogens is 461 g/mol. The Morgan fingerprint density at radius 2 is 1.44 bits per heavy atom. The third-order valence-corrected chi connectivity index (χ3v) is 5.79. The van der Waals surface area contributed by atoms with Gasteiger partial charge in [-0.15, -0.1) is 0 Å². The standard InChI is InChI=1S/C29H26FNO5/c1-34-28(32)25-17-31(16-20-11-13-23(30)14-12-20)18-26(29(33)35-2)27(25)22-9-6-10-24(15-22)36-19-21-7-4-3-5-8-21/h3-15,17-18,27H,16,19H2,1-2H3. The van der Waals surface area contributed by atoms with Crippen LogP contribution in [-0.2, 0) is 32.2 Å². The smallest absolute Gasteiger partial charge is 0.336 e. The molecule has 0 unspecified atom stereocenters. The van der Waals surface area contributed by atoms with Crippen LogP contribution in [0, 0.1) is 5.82 Å². The van der Waals surface area contributed by atoms with Crippen molar-refractivity contribution in [3.63, 3.8) is 0 Å². The van der Waals surface area contributed by atoms with Crippen LogP contribution >= 0.6 is 0 Å². The summed E-state index contributed by atoms with van der Waals surface area (Å²) in [6.45, 7) is 0.689. The Labute approximate surface area is 209 Å². The number of hydrogen-bond donors (Lipinski definition) is 0. The summed E-state index contributed by atoms with van der Waals surface area (Å²) < 4.78 is 29.4. The van der Waals surface area contributed by atoms with Crippen molar-refractivity contribution in [2.45, 2.75) is 19.1 Å². The largest absolute Gasteiger partial charge is 0.489 e. The van der Waals surface area contributed by atoms with E-state index in [1.807, 2.05) is 48.5 Å². The fourth-order valence-electron chi connectivity index (χ4n) is 4.06. The van der Waals surface area contributed by atoms with E-state index >= 15 is 0 Å². The van der Waals surface area contributed by atoms with Crippen LogP contribution in [0.2, 0.25) is 0 Å². The van der Waals surface area contributed by atoms with E-state index in [4.69, 9.17) is 14.2 Å². The lowest BCUT2D eigenvalue weighted by Gasteiger charge is -2.30. The summed E-state index contributed by atoms with van der Waals surface area (Å²) in [4.78, 5) is 27.4.